The van der Waals surface area contributed by atoms with Crippen LogP contribution in [0.4, 0.5) is 11.5 Å². The van der Waals surface area contributed by atoms with Gasteiger partial charge in [0.2, 0.25) is 0 Å². The van der Waals surface area contributed by atoms with Crippen LogP contribution in [0.1, 0.15) is 17.3 Å². The number of non-ortho nitro benzene ring substituents is 1. The van der Waals surface area contributed by atoms with Crippen molar-refractivity contribution >= 4 is 29.2 Å². The predicted molar refractivity (Wildman–Crippen MR) is 82.4 cm³/mol. The summed E-state index contributed by atoms with van der Waals surface area (Å²) >= 11 is 1.27. The van der Waals surface area contributed by atoms with Crippen LogP contribution in [-0.4, -0.2) is 33.5 Å². The van der Waals surface area contributed by atoms with Crippen molar-refractivity contribution in [2.24, 2.45) is 0 Å². The first-order valence-electron chi connectivity index (χ1n) is 6.34. The van der Waals surface area contributed by atoms with E-state index in [4.69, 9.17) is 10.5 Å². The first-order chi connectivity index (χ1) is 10.5. The molecule has 1 aromatic heterocycles. The number of carbonyl (C=O) groups is 1. The van der Waals surface area contributed by atoms with Gasteiger partial charge in [-0.25, -0.2) is 9.48 Å². The molecule has 0 aliphatic heterocycles. The summed E-state index contributed by atoms with van der Waals surface area (Å²) in [5, 5.41) is 15.4. The second-order valence-corrected chi connectivity index (χ2v) is 4.97. The first kappa shape index (κ1) is 15.8. The molecular formula is C13H14N4O4S. The average Bonchev–Trinajstić information content (AvgIpc) is 2.84. The van der Waals surface area contributed by atoms with Crippen molar-refractivity contribution in [2.75, 3.05) is 18.6 Å². The quantitative estimate of drug-likeness (QED) is 0.388. The van der Waals surface area contributed by atoms with Gasteiger partial charge in [0, 0.05) is 12.1 Å². The number of hydrogen-bond donors (Lipinski definition) is 1. The maximum atomic E-state index is 12.0. The average molecular weight is 322 g/mol. The van der Waals surface area contributed by atoms with E-state index in [0.717, 1.165) is 0 Å². The monoisotopic (exact) mass is 322 g/mol. The maximum Gasteiger partial charge on any atom is 0.344 e. The molecule has 0 bridgehead atoms. The summed E-state index contributed by atoms with van der Waals surface area (Å²) in [6.45, 7) is 1.93. The number of anilines is 1. The lowest BCUT2D eigenvalue weighted by molar-refractivity contribution is -0.384. The van der Waals surface area contributed by atoms with E-state index in [-0.39, 0.29) is 23.7 Å². The molecule has 116 valence electrons. The SMILES string of the molecule is CCOC(=O)c1c(SC)nn(-c2ccc([N+](=O)[O-])cc2)c1N. The molecule has 0 aliphatic carbocycles. The fourth-order valence-corrected chi connectivity index (χ4v) is 2.42. The summed E-state index contributed by atoms with van der Waals surface area (Å²) in [5.41, 5.74) is 6.68. The van der Waals surface area contributed by atoms with E-state index in [1.165, 1.54) is 40.7 Å². The van der Waals surface area contributed by atoms with Crippen molar-refractivity contribution in [3.05, 3.63) is 39.9 Å². The smallest absolute Gasteiger partial charge is 0.344 e. The number of thioether (sulfide) groups is 1. The van der Waals surface area contributed by atoms with Crippen molar-refractivity contribution in [2.45, 2.75) is 11.9 Å². The molecule has 0 amide bonds. The second kappa shape index (κ2) is 6.48. The third-order valence-electron chi connectivity index (χ3n) is 2.87. The molecule has 1 aromatic carbocycles. The number of carbonyl (C=O) groups excluding carboxylic acids is 1. The van der Waals surface area contributed by atoms with Gasteiger partial charge in [-0.3, -0.25) is 10.1 Å². The van der Waals surface area contributed by atoms with Crippen LogP contribution in [0, 0.1) is 10.1 Å². The highest BCUT2D eigenvalue weighted by molar-refractivity contribution is 7.98. The summed E-state index contributed by atoms with van der Waals surface area (Å²) < 4.78 is 6.34. The lowest BCUT2D eigenvalue weighted by atomic mass is 10.3. The van der Waals surface area contributed by atoms with E-state index < -0.39 is 10.9 Å². The van der Waals surface area contributed by atoms with Crippen LogP contribution < -0.4 is 5.73 Å². The fraction of sp³-hybridized carbons (Fsp3) is 0.231. The molecule has 2 aromatic rings. The Morgan fingerprint density at radius 1 is 1.45 bits per heavy atom. The number of hydrogen-bond acceptors (Lipinski definition) is 7. The molecule has 0 spiro atoms. The van der Waals surface area contributed by atoms with Crippen molar-refractivity contribution < 1.29 is 14.5 Å². The minimum Gasteiger partial charge on any atom is -0.462 e. The fourth-order valence-electron chi connectivity index (χ4n) is 1.86. The van der Waals surface area contributed by atoms with Gasteiger partial charge in [-0.1, -0.05) is 0 Å². The molecule has 9 heteroatoms. The van der Waals surface area contributed by atoms with Crippen molar-refractivity contribution in [1.82, 2.24) is 9.78 Å². The summed E-state index contributed by atoms with van der Waals surface area (Å²) in [6.07, 6.45) is 1.77. The first-order valence-corrected chi connectivity index (χ1v) is 7.56. The molecule has 0 saturated carbocycles. The summed E-state index contributed by atoms with van der Waals surface area (Å²) in [4.78, 5) is 22.2. The van der Waals surface area contributed by atoms with Crippen molar-refractivity contribution in [3.8, 4) is 5.69 Å². The Bertz CT molecular complexity index is 712. The Hall–Kier alpha value is -2.55. The minimum absolute atomic E-state index is 0.0369. The number of nitrogen functional groups attached to an aromatic ring is 1. The molecule has 0 fully saturated rings. The number of aromatic nitrogens is 2. The van der Waals surface area contributed by atoms with Gasteiger partial charge in [0.05, 0.1) is 17.2 Å². The van der Waals surface area contributed by atoms with Gasteiger partial charge in [0.1, 0.15) is 16.4 Å². The Morgan fingerprint density at radius 2 is 2.09 bits per heavy atom. The van der Waals surface area contributed by atoms with Crippen LogP contribution >= 0.6 is 11.8 Å². The van der Waals surface area contributed by atoms with Crippen LogP contribution in [0.2, 0.25) is 0 Å². The second-order valence-electron chi connectivity index (χ2n) is 4.18. The number of rotatable bonds is 5. The van der Waals surface area contributed by atoms with Crippen LogP contribution in [0.3, 0.4) is 0 Å². The Morgan fingerprint density at radius 3 is 2.59 bits per heavy atom. The summed E-state index contributed by atoms with van der Waals surface area (Å²) in [5.74, 6) is -0.408. The van der Waals surface area contributed by atoms with E-state index in [2.05, 4.69) is 5.10 Å². The van der Waals surface area contributed by atoms with Gasteiger partial charge in [0.15, 0.2) is 0 Å². The zero-order chi connectivity index (χ0) is 16.3. The van der Waals surface area contributed by atoms with Crippen LogP contribution in [0.15, 0.2) is 29.3 Å². The van der Waals surface area contributed by atoms with Gasteiger partial charge >= 0.3 is 5.97 Å². The third kappa shape index (κ3) is 2.89. The number of nitrogens with zero attached hydrogens (tertiary/aromatic N) is 3. The summed E-state index contributed by atoms with van der Waals surface area (Å²) in [7, 11) is 0. The highest BCUT2D eigenvalue weighted by atomic mass is 32.2. The van der Waals surface area contributed by atoms with Gasteiger partial charge < -0.3 is 10.5 Å². The van der Waals surface area contributed by atoms with Crippen LogP contribution in [-0.2, 0) is 4.74 Å². The lowest BCUT2D eigenvalue weighted by Crippen LogP contribution is -2.09. The molecule has 0 saturated heterocycles. The van der Waals surface area contributed by atoms with E-state index in [0.29, 0.717) is 10.7 Å². The van der Waals surface area contributed by atoms with E-state index >= 15 is 0 Å². The molecule has 0 aliphatic rings. The third-order valence-corrected chi connectivity index (χ3v) is 3.54. The minimum atomic E-state index is -0.544. The number of ether oxygens (including phenoxy) is 1. The van der Waals surface area contributed by atoms with Gasteiger partial charge in [0.25, 0.3) is 5.69 Å². The molecule has 22 heavy (non-hydrogen) atoms. The lowest BCUT2D eigenvalue weighted by Gasteiger charge is -2.04. The Labute approximate surface area is 130 Å². The van der Waals surface area contributed by atoms with Gasteiger partial charge in [-0.15, -0.1) is 11.8 Å². The predicted octanol–water partition coefficient (Wildman–Crippen LogP) is 2.26. The van der Waals surface area contributed by atoms with Crippen LogP contribution in [0.5, 0.6) is 0 Å². The van der Waals surface area contributed by atoms with E-state index in [1.807, 2.05) is 0 Å². The normalized spacial score (nSPS) is 10.5. The number of esters is 1. The van der Waals surface area contributed by atoms with Gasteiger partial charge in [-0.05, 0) is 25.3 Å². The number of benzene rings is 1. The van der Waals surface area contributed by atoms with Gasteiger partial charge in [-0.2, -0.15) is 5.10 Å². The number of nitro groups is 1. The number of nitrogens with two attached hydrogens (primary N) is 1. The van der Waals surface area contributed by atoms with Crippen molar-refractivity contribution in [1.29, 1.82) is 0 Å². The standard InChI is InChI=1S/C13H14N4O4S/c1-3-21-13(18)10-11(14)16(15-12(10)22-2)8-4-6-9(7-5-8)17(19)20/h4-7H,3,14H2,1-2H3. The molecule has 1 heterocycles. The topological polar surface area (TPSA) is 113 Å². The molecule has 0 unspecified atom stereocenters. The molecule has 8 nitrogen and oxygen atoms in total. The van der Waals surface area contributed by atoms with E-state index in [9.17, 15) is 14.9 Å². The Balaban J connectivity index is 2.48. The molecular weight excluding hydrogens is 308 g/mol. The number of nitro benzene ring substituents is 1. The molecule has 2 rings (SSSR count). The largest absolute Gasteiger partial charge is 0.462 e. The zero-order valence-electron chi connectivity index (χ0n) is 12.0. The maximum absolute atomic E-state index is 12.0. The zero-order valence-corrected chi connectivity index (χ0v) is 12.8. The molecule has 2 N–H and O–H groups in total. The van der Waals surface area contributed by atoms with Crippen molar-refractivity contribution in [3.63, 3.8) is 0 Å². The molecule has 0 radical (unpaired) electrons. The highest BCUT2D eigenvalue weighted by Gasteiger charge is 2.23. The Kier molecular flexibility index (Phi) is 4.66. The molecule has 0 atom stereocenters. The van der Waals surface area contributed by atoms with Crippen LogP contribution in [0.25, 0.3) is 5.69 Å². The summed E-state index contributed by atoms with van der Waals surface area (Å²) in [6, 6.07) is 5.72. The highest BCUT2D eigenvalue weighted by Crippen LogP contribution is 2.28. The van der Waals surface area contributed by atoms with E-state index in [1.54, 1.807) is 13.2 Å².